The fraction of sp³-hybridized carbons (Fsp3) is 0.895. The number of carbonyl (C=O) groups is 2. The van der Waals surface area contributed by atoms with E-state index in [0.717, 1.165) is 12.8 Å². The number of hydrogen-bond acceptors (Lipinski definition) is 4. The molecule has 4 heteroatoms. The Labute approximate surface area is 142 Å². The lowest BCUT2D eigenvalue weighted by atomic mass is 9.90. The van der Waals surface area contributed by atoms with E-state index < -0.39 is 0 Å². The summed E-state index contributed by atoms with van der Waals surface area (Å²) in [4.78, 5) is 23.5. The maximum atomic E-state index is 11.8. The van der Waals surface area contributed by atoms with Crippen LogP contribution in [0.1, 0.15) is 87.5 Å². The maximum Gasteiger partial charge on any atom is 0.306 e. The highest BCUT2D eigenvalue weighted by molar-refractivity contribution is 5.72. The summed E-state index contributed by atoms with van der Waals surface area (Å²) in [5.41, 5.74) is 0.263. The molecule has 0 aromatic rings. The van der Waals surface area contributed by atoms with E-state index in [9.17, 15) is 9.59 Å². The van der Waals surface area contributed by atoms with Crippen molar-refractivity contribution in [3.63, 3.8) is 0 Å². The zero-order valence-corrected chi connectivity index (χ0v) is 16.3. The van der Waals surface area contributed by atoms with E-state index in [0.29, 0.717) is 6.42 Å². The second-order valence-electron chi connectivity index (χ2n) is 8.98. The van der Waals surface area contributed by atoms with Gasteiger partial charge in [0, 0.05) is 12.8 Å². The number of esters is 2. The van der Waals surface area contributed by atoms with Crippen LogP contribution in [0.4, 0.5) is 0 Å². The average Bonchev–Trinajstić information content (AvgIpc) is 2.22. The molecule has 0 spiro atoms. The summed E-state index contributed by atoms with van der Waals surface area (Å²) in [5, 5.41) is 0. The first-order chi connectivity index (χ1) is 10.3. The van der Waals surface area contributed by atoms with Gasteiger partial charge in [0.25, 0.3) is 0 Å². The smallest absolute Gasteiger partial charge is 0.306 e. The molecule has 2 unspecified atom stereocenters. The van der Waals surface area contributed by atoms with Crippen molar-refractivity contribution >= 4 is 11.9 Å². The standard InChI is InChI=1S/C19H36O4/c1-14(12-18(3,4)5)22-16(20)10-9-11-17(21)23-15(2)13-19(6,7)8/h14-15H,9-13H2,1-8H3. The minimum atomic E-state index is -0.239. The van der Waals surface area contributed by atoms with Gasteiger partial charge in [0.05, 0.1) is 12.2 Å². The Morgan fingerprint density at radius 2 is 1.04 bits per heavy atom. The van der Waals surface area contributed by atoms with Gasteiger partial charge in [-0.2, -0.15) is 0 Å². The molecule has 0 aliphatic rings. The Hall–Kier alpha value is -1.06. The summed E-state index contributed by atoms with van der Waals surface area (Å²) in [6.07, 6.45) is 2.45. The van der Waals surface area contributed by atoms with E-state index in [1.54, 1.807) is 0 Å². The zero-order chi connectivity index (χ0) is 18.3. The normalized spacial score (nSPS) is 15.0. The molecule has 0 saturated heterocycles. The second kappa shape index (κ2) is 9.29. The van der Waals surface area contributed by atoms with Crippen molar-refractivity contribution in [3.05, 3.63) is 0 Å². The van der Waals surface area contributed by atoms with Crippen LogP contribution in [0.5, 0.6) is 0 Å². The molecule has 0 amide bonds. The maximum absolute atomic E-state index is 11.8. The Balaban J connectivity index is 3.93. The number of rotatable bonds is 8. The van der Waals surface area contributed by atoms with Crippen molar-refractivity contribution in [2.24, 2.45) is 10.8 Å². The van der Waals surface area contributed by atoms with E-state index in [1.165, 1.54) is 0 Å². The molecule has 0 fully saturated rings. The lowest BCUT2D eigenvalue weighted by Crippen LogP contribution is -2.22. The van der Waals surface area contributed by atoms with Crippen LogP contribution in [-0.4, -0.2) is 24.1 Å². The van der Waals surface area contributed by atoms with Crippen molar-refractivity contribution in [3.8, 4) is 0 Å². The van der Waals surface area contributed by atoms with Crippen LogP contribution in [0.15, 0.2) is 0 Å². The quantitative estimate of drug-likeness (QED) is 0.595. The molecule has 0 aliphatic heterocycles. The highest BCUT2D eigenvalue weighted by Gasteiger charge is 2.20. The molecule has 2 atom stereocenters. The van der Waals surface area contributed by atoms with Crippen LogP contribution in [0.3, 0.4) is 0 Å². The number of hydrogen-bond donors (Lipinski definition) is 0. The van der Waals surface area contributed by atoms with Gasteiger partial charge in [-0.05, 0) is 43.9 Å². The molecule has 136 valence electrons. The van der Waals surface area contributed by atoms with Crippen molar-refractivity contribution in [1.29, 1.82) is 0 Å². The molecule has 0 aromatic heterocycles. The topological polar surface area (TPSA) is 52.6 Å². The Kier molecular flexibility index (Phi) is 8.86. The van der Waals surface area contributed by atoms with Crippen LogP contribution in [0.25, 0.3) is 0 Å². The predicted octanol–water partition coefficient (Wildman–Crippen LogP) is 4.89. The van der Waals surface area contributed by atoms with E-state index in [1.807, 2.05) is 13.8 Å². The predicted molar refractivity (Wildman–Crippen MR) is 93.1 cm³/mol. The van der Waals surface area contributed by atoms with Crippen LogP contribution < -0.4 is 0 Å². The fourth-order valence-electron chi connectivity index (χ4n) is 2.75. The molecule has 0 rings (SSSR count). The number of ether oxygens (including phenoxy) is 2. The van der Waals surface area contributed by atoms with Gasteiger partial charge in [0.2, 0.25) is 0 Å². The second-order valence-corrected chi connectivity index (χ2v) is 8.98. The van der Waals surface area contributed by atoms with Gasteiger partial charge < -0.3 is 9.47 Å². The molecule has 0 aliphatic carbocycles. The fourth-order valence-corrected chi connectivity index (χ4v) is 2.75. The highest BCUT2D eigenvalue weighted by Crippen LogP contribution is 2.23. The molecular weight excluding hydrogens is 292 g/mol. The molecule has 0 saturated carbocycles. The van der Waals surface area contributed by atoms with Crippen molar-refractivity contribution in [2.75, 3.05) is 0 Å². The Morgan fingerprint density at radius 1 is 0.739 bits per heavy atom. The van der Waals surface area contributed by atoms with Gasteiger partial charge in [-0.1, -0.05) is 41.5 Å². The molecule has 0 heterocycles. The Morgan fingerprint density at radius 3 is 1.30 bits per heavy atom. The summed E-state index contributed by atoms with van der Waals surface area (Å²) in [7, 11) is 0. The van der Waals surface area contributed by atoms with Crippen molar-refractivity contribution in [1.82, 2.24) is 0 Å². The largest absolute Gasteiger partial charge is 0.463 e. The molecule has 0 bridgehead atoms. The van der Waals surface area contributed by atoms with E-state index in [4.69, 9.17) is 9.47 Å². The third kappa shape index (κ3) is 14.3. The third-order valence-electron chi connectivity index (χ3n) is 3.23. The molecular formula is C19H36O4. The first-order valence-corrected chi connectivity index (χ1v) is 8.67. The monoisotopic (exact) mass is 328 g/mol. The number of carbonyl (C=O) groups excluding carboxylic acids is 2. The molecule has 4 nitrogen and oxygen atoms in total. The molecule has 23 heavy (non-hydrogen) atoms. The lowest BCUT2D eigenvalue weighted by Gasteiger charge is -2.23. The summed E-state index contributed by atoms with van der Waals surface area (Å²) < 4.78 is 10.7. The summed E-state index contributed by atoms with van der Waals surface area (Å²) in [6.45, 7) is 16.5. The third-order valence-corrected chi connectivity index (χ3v) is 3.23. The SMILES string of the molecule is CC(CC(C)(C)C)OC(=O)CCCC(=O)OC(C)CC(C)(C)C. The van der Waals surface area contributed by atoms with Gasteiger partial charge in [0.15, 0.2) is 0 Å². The van der Waals surface area contributed by atoms with Gasteiger partial charge in [0.1, 0.15) is 0 Å². The molecule has 0 aromatic carbocycles. The Bertz CT molecular complexity index is 338. The minimum absolute atomic E-state index is 0.0961. The van der Waals surface area contributed by atoms with E-state index in [2.05, 4.69) is 41.5 Å². The van der Waals surface area contributed by atoms with Gasteiger partial charge in [-0.3, -0.25) is 9.59 Å². The summed E-state index contributed by atoms with van der Waals surface area (Å²) in [6, 6.07) is 0. The van der Waals surface area contributed by atoms with Gasteiger partial charge in [-0.25, -0.2) is 0 Å². The van der Waals surface area contributed by atoms with Gasteiger partial charge >= 0.3 is 11.9 Å². The van der Waals surface area contributed by atoms with Crippen molar-refractivity contribution < 1.29 is 19.1 Å². The van der Waals surface area contributed by atoms with Crippen molar-refractivity contribution in [2.45, 2.75) is 99.7 Å². The van der Waals surface area contributed by atoms with E-state index >= 15 is 0 Å². The van der Waals surface area contributed by atoms with Crippen LogP contribution in [-0.2, 0) is 19.1 Å². The zero-order valence-electron chi connectivity index (χ0n) is 16.3. The lowest BCUT2D eigenvalue weighted by molar-refractivity contribution is -0.151. The van der Waals surface area contributed by atoms with E-state index in [-0.39, 0.29) is 47.8 Å². The average molecular weight is 328 g/mol. The summed E-state index contributed by atoms with van der Waals surface area (Å²) in [5.74, 6) is -0.477. The molecule has 0 N–H and O–H groups in total. The summed E-state index contributed by atoms with van der Waals surface area (Å²) >= 11 is 0. The minimum Gasteiger partial charge on any atom is -0.463 e. The first-order valence-electron chi connectivity index (χ1n) is 8.67. The highest BCUT2D eigenvalue weighted by atomic mass is 16.5. The van der Waals surface area contributed by atoms with Crippen LogP contribution in [0.2, 0.25) is 0 Å². The van der Waals surface area contributed by atoms with Crippen LogP contribution in [0, 0.1) is 10.8 Å². The van der Waals surface area contributed by atoms with Gasteiger partial charge in [-0.15, -0.1) is 0 Å². The molecule has 0 radical (unpaired) electrons. The van der Waals surface area contributed by atoms with Crippen LogP contribution >= 0.6 is 0 Å². The first kappa shape index (κ1) is 21.9.